The van der Waals surface area contributed by atoms with Crippen molar-refractivity contribution >= 4 is 5.91 Å². The molecule has 6 rings (SSSR count). The summed E-state index contributed by atoms with van der Waals surface area (Å²) in [5, 5.41) is 8.38. The van der Waals surface area contributed by atoms with Crippen molar-refractivity contribution in [3.63, 3.8) is 0 Å². The number of nitrogens with zero attached hydrogens (tertiary/aromatic N) is 6. The fourth-order valence-corrected chi connectivity index (χ4v) is 4.44. The largest absolute Gasteiger partial charge is 0.493 e. The highest BCUT2D eigenvalue weighted by molar-refractivity contribution is 5.95. The van der Waals surface area contributed by atoms with Gasteiger partial charge in [0.15, 0.2) is 22.9 Å². The molecule has 0 N–H and O–H groups in total. The van der Waals surface area contributed by atoms with Gasteiger partial charge in [-0.1, -0.05) is 17.3 Å². The van der Waals surface area contributed by atoms with Gasteiger partial charge in [-0.25, -0.2) is 9.67 Å². The van der Waals surface area contributed by atoms with Gasteiger partial charge in [-0.2, -0.15) is 0 Å². The molecule has 0 aliphatic carbocycles. The summed E-state index contributed by atoms with van der Waals surface area (Å²) in [5.41, 5.74) is 2.07. The van der Waals surface area contributed by atoms with Crippen molar-refractivity contribution in [3.05, 3.63) is 59.7 Å². The molecule has 0 spiro atoms. The van der Waals surface area contributed by atoms with Gasteiger partial charge in [0.2, 0.25) is 0 Å². The minimum Gasteiger partial charge on any atom is -0.493 e. The average molecular weight is 465 g/mol. The minimum atomic E-state index is -0.114. The summed E-state index contributed by atoms with van der Waals surface area (Å²) < 4.78 is 19.4. The molecule has 5 heterocycles. The van der Waals surface area contributed by atoms with Crippen LogP contribution >= 0.6 is 0 Å². The molecular weight excluding hydrogens is 436 g/mol. The first-order valence-corrected chi connectivity index (χ1v) is 11.4. The molecular formula is C24H28N6O4. The first-order chi connectivity index (χ1) is 16.6. The van der Waals surface area contributed by atoms with E-state index in [0.717, 1.165) is 18.7 Å². The van der Waals surface area contributed by atoms with Crippen molar-refractivity contribution in [2.45, 2.75) is 32.7 Å². The van der Waals surface area contributed by atoms with Crippen molar-refractivity contribution in [1.82, 2.24) is 29.8 Å². The second-order valence-corrected chi connectivity index (χ2v) is 8.49. The van der Waals surface area contributed by atoms with Crippen molar-refractivity contribution in [2.75, 3.05) is 33.4 Å². The zero-order valence-corrected chi connectivity index (χ0v) is 19.4. The quantitative estimate of drug-likeness (QED) is 0.540. The van der Waals surface area contributed by atoms with Crippen LogP contribution in [0.5, 0.6) is 17.2 Å². The van der Waals surface area contributed by atoms with E-state index in [1.165, 1.54) is 0 Å². The van der Waals surface area contributed by atoms with Crippen molar-refractivity contribution < 1.29 is 19.0 Å². The highest BCUT2D eigenvalue weighted by Crippen LogP contribution is 2.33. The molecule has 34 heavy (non-hydrogen) atoms. The van der Waals surface area contributed by atoms with Gasteiger partial charge in [-0.05, 0) is 25.1 Å². The predicted molar refractivity (Wildman–Crippen MR) is 123 cm³/mol. The molecule has 2 atom stereocenters. The van der Waals surface area contributed by atoms with E-state index in [9.17, 15) is 4.79 Å². The van der Waals surface area contributed by atoms with Gasteiger partial charge in [0, 0.05) is 44.0 Å². The fourth-order valence-electron chi connectivity index (χ4n) is 4.44. The Morgan fingerprint density at radius 1 is 1.12 bits per heavy atom. The predicted octanol–water partition coefficient (Wildman–Crippen LogP) is 2.00. The van der Waals surface area contributed by atoms with Crippen molar-refractivity contribution in [2.24, 2.45) is 0 Å². The van der Waals surface area contributed by atoms with Crippen LogP contribution in [0.25, 0.3) is 0 Å². The number of amides is 1. The lowest BCUT2D eigenvalue weighted by atomic mass is 10.1. The first-order valence-electron chi connectivity index (χ1n) is 11.4. The summed E-state index contributed by atoms with van der Waals surface area (Å²) in [4.78, 5) is 21.9. The van der Waals surface area contributed by atoms with Gasteiger partial charge in [0.25, 0.3) is 5.91 Å². The zero-order valence-electron chi connectivity index (χ0n) is 19.4. The Hall–Kier alpha value is -3.66. The molecule has 3 aromatic rings. The molecule has 10 heteroatoms. The number of piperazine rings is 1. The number of ether oxygens (including phenoxy) is 3. The van der Waals surface area contributed by atoms with Crippen LogP contribution in [0.4, 0.5) is 0 Å². The van der Waals surface area contributed by atoms with Crippen LogP contribution in [0.2, 0.25) is 0 Å². The molecule has 0 radical (unpaired) electrons. The van der Waals surface area contributed by atoms with Crippen LogP contribution < -0.4 is 14.2 Å². The van der Waals surface area contributed by atoms with Crippen molar-refractivity contribution in [1.29, 1.82) is 0 Å². The highest BCUT2D eigenvalue weighted by atomic mass is 16.5. The van der Waals surface area contributed by atoms with Gasteiger partial charge in [-0.3, -0.25) is 9.69 Å². The summed E-state index contributed by atoms with van der Waals surface area (Å²) in [5.74, 6) is 1.75. The van der Waals surface area contributed by atoms with Gasteiger partial charge in [0.05, 0.1) is 19.9 Å². The van der Waals surface area contributed by atoms with E-state index in [4.69, 9.17) is 14.2 Å². The maximum atomic E-state index is 13.4. The smallest absolute Gasteiger partial charge is 0.276 e. The molecule has 1 amide bonds. The number of carbonyl (C=O) groups excluding carboxylic acids is 1. The summed E-state index contributed by atoms with van der Waals surface area (Å²) in [6, 6.07) is 9.49. The molecule has 4 bridgehead atoms. The van der Waals surface area contributed by atoms with E-state index < -0.39 is 0 Å². The van der Waals surface area contributed by atoms with E-state index in [2.05, 4.69) is 27.1 Å². The zero-order chi connectivity index (χ0) is 23.5. The van der Waals surface area contributed by atoms with Crippen LogP contribution in [0.15, 0.2) is 42.7 Å². The SMILES string of the molecule is COc1cccc2c1OCc1cn(nn1)CCOc1cccnc1C(=O)N1CCN(C2)CC1C. The Morgan fingerprint density at radius 3 is 2.88 bits per heavy atom. The van der Waals surface area contributed by atoms with E-state index in [-0.39, 0.29) is 18.6 Å². The van der Waals surface area contributed by atoms with E-state index in [0.29, 0.717) is 54.9 Å². The molecule has 2 unspecified atom stereocenters. The number of benzene rings is 1. The Bertz CT molecular complexity index is 1170. The lowest BCUT2D eigenvalue weighted by molar-refractivity contribution is 0.0463. The standard InChI is InChI=1S/C24H28N6O4/c1-17-13-28-9-10-30(17)24(31)22-20(7-4-8-25-22)33-12-11-29-15-19(26-27-29)16-34-23-18(14-28)5-3-6-21(23)32-2/h3-8,15,17H,9-14,16H2,1-2H3. The third-order valence-corrected chi connectivity index (χ3v) is 6.15. The second-order valence-electron chi connectivity index (χ2n) is 8.49. The van der Waals surface area contributed by atoms with Crippen LogP contribution in [0, 0.1) is 0 Å². The molecule has 0 saturated carbocycles. The maximum absolute atomic E-state index is 13.4. The van der Waals surface area contributed by atoms with Gasteiger partial charge >= 0.3 is 0 Å². The lowest BCUT2D eigenvalue weighted by Crippen LogP contribution is -2.53. The molecule has 1 fully saturated rings. The minimum absolute atomic E-state index is 0.0228. The number of fused-ring (bicyclic) bond motifs is 5. The summed E-state index contributed by atoms with van der Waals surface area (Å²) in [6.45, 7) is 5.91. The van der Waals surface area contributed by atoms with Crippen molar-refractivity contribution in [3.8, 4) is 17.2 Å². The molecule has 3 aliphatic heterocycles. The second kappa shape index (κ2) is 9.68. The van der Waals surface area contributed by atoms with Crippen LogP contribution in [0.3, 0.4) is 0 Å². The number of hydrogen-bond acceptors (Lipinski definition) is 8. The lowest BCUT2D eigenvalue weighted by Gasteiger charge is -2.40. The summed E-state index contributed by atoms with van der Waals surface area (Å²) >= 11 is 0. The van der Waals surface area contributed by atoms with E-state index in [1.807, 2.05) is 29.3 Å². The number of methoxy groups -OCH3 is 1. The number of aromatic nitrogens is 4. The molecule has 10 nitrogen and oxygen atoms in total. The van der Waals surface area contributed by atoms with Gasteiger partial charge in [-0.15, -0.1) is 5.10 Å². The topological polar surface area (TPSA) is 94.8 Å². The number of pyridine rings is 1. The monoisotopic (exact) mass is 464 g/mol. The summed E-state index contributed by atoms with van der Waals surface area (Å²) in [7, 11) is 1.64. The summed E-state index contributed by atoms with van der Waals surface area (Å²) in [6.07, 6.45) is 3.46. The van der Waals surface area contributed by atoms with Gasteiger partial charge < -0.3 is 19.1 Å². The molecule has 2 aromatic heterocycles. The van der Waals surface area contributed by atoms with E-state index in [1.54, 1.807) is 30.1 Å². The highest BCUT2D eigenvalue weighted by Gasteiger charge is 2.31. The van der Waals surface area contributed by atoms with Crippen LogP contribution in [-0.2, 0) is 19.7 Å². The van der Waals surface area contributed by atoms with Crippen LogP contribution in [0.1, 0.15) is 28.7 Å². The maximum Gasteiger partial charge on any atom is 0.276 e. The molecule has 178 valence electrons. The molecule has 1 aromatic carbocycles. The van der Waals surface area contributed by atoms with E-state index >= 15 is 0 Å². The molecule has 3 aliphatic rings. The third kappa shape index (κ3) is 4.54. The Balaban J connectivity index is 1.47. The van der Waals surface area contributed by atoms with Crippen LogP contribution in [-0.4, -0.2) is 75.1 Å². The average Bonchev–Trinajstić information content (AvgIpc) is 3.30. The number of carbonyl (C=O) groups is 1. The first kappa shape index (κ1) is 22.1. The number of hydrogen-bond donors (Lipinski definition) is 0. The Labute approximate surface area is 198 Å². The molecule has 1 saturated heterocycles. The normalized spacial score (nSPS) is 20.9. The Morgan fingerprint density at radius 2 is 2.03 bits per heavy atom. The third-order valence-electron chi connectivity index (χ3n) is 6.15. The number of para-hydroxylation sites is 1. The number of rotatable bonds is 1. The fraction of sp³-hybridized carbons (Fsp3) is 0.417. The Kier molecular flexibility index (Phi) is 6.31. The van der Waals surface area contributed by atoms with Gasteiger partial charge in [0.1, 0.15) is 18.9 Å².